The summed E-state index contributed by atoms with van der Waals surface area (Å²) in [6.45, 7) is 1.39. The maximum absolute atomic E-state index is 12.1. The number of anilines is 2. The number of ether oxygens (including phenoxy) is 2. The van der Waals surface area contributed by atoms with E-state index in [1.54, 1.807) is 36.4 Å². The topological polar surface area (TPSA) is 119 Å². The summed E-state index contributed by atoms with van der Waals surface area (Å²) >= 11 is 0. The normalized spacial score (nSPS) is 11.2. The fraction of sp³-hybridized carbons (Fsp3) is 0.125. The first-order valence-corrected chi connectivity index (χ1v) is 6.99. The monoisotopic (exact) mass is 328 g/mol. The van der Waals surface area contributed by atoms with Gasteiger partial charge in [-0.05, 0) is 36.4 Å². The van der Waals surface area contributed by atoms with Crippen LogP contribution in [0.1, 0.15) is 17.4 Å². The number of hydrogen-bond acceptors (Lipinski definition) is 7. The molecule has 8 heteroatoms. The molecular formula is C16H16N4O4. The molecule has 0 bridgehead atoms. The van der Waals surface area contributed by atoms with Gasteiger partial charge in [-0.1, -0.05) is 6.07 Å². The molecule has 1 heterocycles. The van der Waals surface area contributed by atoms with E-state index in [0.29, 0.717) is 11.4 Å². The number of benzene rings is 1. The van der Waals surface area contributed by atoms with Gasteiger partial charge in [0.15, 0.2) is 0 Å². The number of aromatic nitrogens is 1. The van der Waals surface area contributed by atoms with E-state index >= 15 is 0 Å². The highest BCUT2D eigenvalue weighted by Gasteiger charge is 2.21. The van der Waals surface area contributed by atoms with Crippen molar-refractivity contribution in [3.63, 3.8) is 0 Å². The largest absolute Gasteiger partial charge is 0.422 e. The molecule has 0 aliphatic heterocycles. The molecule has 0 aliphatic rings. The number of nitrogens with one attached hydrogen (secondary N) is 1. The van der Waals surface area contributed by atoms with Gasteiger partial charge in [-0.2, -0.15) is 0 Å². The van der Waals surface area contributed by atoms with E-state index in [4.69, 9.17) is 20.6 Å². The molecule has 0 fully saturated rings. The molecule has 1 aromatic carbocycles. The van der Waals surface area contributed by atoms with Gasteiger partial charge in [-0.3, -0.25) is 5.41 Å². The van der Waals surface area contributed by atoms with Crippen molar-refractivity contribution in [2.24, 2.45) is 0 Å². The Hall–Kier alpha value is -3.42. The summed E-state index contributed by atoms with van der Waals surface area (Å²) in [7, 11) is 0. The molecule has 24 heavy (non-hydrogen) atoms. The molecule has 2 aromatic rings. The first-order chi connectivity index (χ1) is 11.5. The number of carbonyl (C=O) groups is 2. The summed E-state index contributed by atoms with van der Waals surface area (Å²) < 4.78 is 10.0. The lowest BCUT2D eigenvalue weighted by atomic mass is 10.3. The van der Waals surface area contributed by atoms with E-state index < -0.39 is 18.4 Å². The molecule has 0 radical (unpaired) electrons. The van der Waals surface area contributed by atoms with Crippen molar-refractivity contribution < 1.29 is 19.1 Å². The summed E-state index contributed by atoms with van der Waals surface area (Å²) in [6, 6.07) is 11.1. The van der Waals surface area contributed by atoms with E-state index in [1.807, 2.05) is 0 Å². The molecule has 1 atom stereocenters. The Morgan fingerprint density at radius 2 is 1.92 bits per heavy atom. The predicted molar refractivity (Wildman–Crippen MR) is 87.7 cm³/mol. The Kier molecular flexibility index (Phi) is 5.45. The SMILES string of the molecule is CC(OC(=O)c1ccccn1)OC(=O)N(C=N)c1ccc(N)cc1. The summed E-state index contributed by atoms with van der Waals surface area (Å²) in [5.41, 5.74) is 6.60. The van der Waals surface area contributed by atoms with Crippen LogP contribution in [0, 0.1) is 5.41 Å². The van der Waals surface area contributed by atoms with E-state index in [2.05, 4.69) is 4.98 Å². The summed E-state index contributed by atoms with van der Waals surface area (Å²) in [5, 5.41) is 7.35. The van der Waals surface area contributed by atoms with Gasteiger partial charge in [0.05, 0.1) is 12.0 Å². The van der Waals surface area contributed by atoms with Crippen LogP contribution in [0.2, 0.25) is 0 Å². The highest BCUT2D eigenvalue weighted by Crippen LogP contribution is 2.16. The number of hydrogen-bond donors (Lipinski definition) is 2. The second-order valence-electron chi connectivity index (χ2n) is 4.66. The summed E-state index contributed by atoms with van der Waals surface area (Å²) in [6.07, 6.45) is 0.228. The van der Waals surface area contributed by atoms with Crippen LogP contribution in [0.15, 0.2) is 48.7 Å². The average molecular weight is 328 g/mol. The van der Waals surface area contributed by atoms with Crippen LogP contribution in [0.4, 0.5) is 16.2 Å². The number of nitrogens with two attached hydrogens (primary N) is 1. The molecule has 2 rings (SSSR count). The van der Waals surface area contributed by atoms with Crippen molar-refractivity contribution in [1.29, 1.82) is 5.41 Å². The molecule has 8 nitrogen and oxygen atoms in total. The van der Waals surface area contributed by atoms with Crippen LogP contribution in [0.5, 0.6) is 0 Å². The second kappa shape index (κ2) is 7.73. The van der Waals surface area contributed by atoms with Gasteiger partial charge in [0, 0.05) is 18.8 Å². The molecular weight excluding hydrogens is 312 g/mol. The van der Waals surface area contributed by atoms with Crippen LogP contribution in [0.25, 0.3) is 0 Å². The molecule has 0 spiro atoms. The molecule has 0 saturated heterocycles. The van der Waals surface area contributed by atoms with E-state index in [1.165, 1.54) is 19.2 Å². The minimum atomic E-state index is -1.15. The van der Waals surface area contributed by atoms with Gasteiger partial charge in [0.2, 0.25) is 6.29 Å². The minimum Gasteiger partial charge on any atom is -0.421 e. The summed E-state index contributed by atoms with van der Waals surface area (Å²) in [5.74, 6) is -0.718. The zero-order valence-electron chi connectivity index (χ0n) is 12.9. The van der Waals surface area contributed by atoms with Gasteiger partial charge in [0.25, 0.3) is 0 Å². The Morgan fingerprint density at radius 1 is 1.21 bits per heavy atom. The van der Waals surface area contributed by atoms with Crippen LogP contribution < -0.4 is 10.6 Å². The number of rotatable bonds is 5. The lowest BCUT2D eigenvalue weighted by molar-refractivity contribution is -0.0577. The van der Waals surface area contributed by atoms with Gasteiger partial charge in [-0.25, -0.2) is 19.5 Å². The van der Waals surface area contributed by atoms with Crippen LogP contribution in [-0.2, 0) is 9.47 Å². The van der Waals surface area contributed by atoms with Crippen LogP contribution >= 0.6 is 0 Å². The third kappa shape index (κ3) is 4.29. The van der Waals surface area contributed by atoms with E-state index in [0.717, 1.165) is 11.2 Å². The molecule has 1 amide bonds. The molecule has 0 aliphatic carbocycles. The zero-order chi connectivity index (χ0) is 17.5. The Labute approximate surface area is 138 Å². The van der Waals surface area contributed by atoms with Crippen LogP contribution in [0.3, 0.4) is 0 Å². The van der Waals surface area contributed by atoms with Crippen molar-refractivity contribution in [3.8, 4) is 0 Å². The molecule has 1 unspecified atom stereocenters. The Bertz CT molecular complexity index is 719. The van der Waals surface area contributed by atoms with Crippen molar-refractivity contribution in [2.45, 2.75) is 13.2 Å². The highest BCUT2D eigenvalue weighted by atomic mass is 16.7. The molecule has 1 aromatic heterocycles. The lowest BCUT2D eigenvalue weighted by Crippen LogP contribution is -2.33. The quantitative estimate of drug-likeness (QED) is 0.286. The summed E-state index contributed by atoms with van der Waals surface area (Å²) in [4.78, 5) is 28.7. The number of nitrogen functional groups attached to an aromatic ring is 1. The first-order valence-electron chi connectivity index (χ1n) is 6.99. The first kappa shape index (κ1) is 16.9. The Balaban J connectivity index is 1.98. The van der Waals surface area contributed by atoms with Gasteiger partial charge in [-0.15, -0.1) is 0 Å². The van der Waals surface area contributed by atoms with Crippen molar-refractivity contribution in [2.75, 3.05) is 10.6 Å². The fourth-order valence-electron chi connectivity index (χ4n) is 1.79. The predicted octanol–water partition coefficient (Wildman–Crippen LogP) is 2.42. The third-order valence-corrected chi connectivity index (χ3v) is 2.91. The number of carbonyl (C=O) groups excluding carboxylic acids is 2. The van der Waals surface area contributed by atoms with Crippen LogP contribution in [-0.4, -0.2) is 29.7 Å². The standard InChI is InChI=1S/C16H16N4O4/c1-11(23-15(21)14-4-2-3-9-19-14)24-16(22)20(10-17)13-7-5-12(18)6-8-13/h2-11,17H,18H2,1H3. The number of pyridine rings is 1. The zero-order valence-corrected chi connectivity index (χ0v) is 12.9. The molecule has 0 saturated carbocycles. The minimum absolute atomic E-state index is 0.0999. The average Bonchev–Trinajstić information content (AvgIpc) is 2.58. The molecule has 124 valence electrons. The van der Waals surface area contributed by atoms with E-state index in [9.17, 15) is 9.59 Å². The van der Waals surface area contributed by atoms with Crippen molar-refractivity contribution >= 4 is 29.8 Å². The number of esters is 1. The van der Waals surface area contributed by atoms with Gasteiger partial charge < -0.3 is 15.2 Å². The highest BCUT2D eigenvalue weighted by molar-refractivity contribution is 6.04. The van der Waals surface area contributed by atoms with Gasteiger partial charge >= 0.3 is 12.1 Å². The number of amides is 1. The third-order valence-electron chi connectivity index (χ3n) is 2.91. The Morgan fingerprint density at radius 3 is 2.50 bits per heavy atom. The maximum atomic E-state index is 12.1. The van der Waals surface area contributed by atoms with Crippen molar-refractivity contribution in [1.82, 2.24) is 4.98 Å². The number of nitrogens with zero attached hydrogens (tertiary/aromatic N) is 2. The maximum Gasteiger partial charge on any atom is 0.422 e. The van der Waals surface area contributed by atoms with Crippen molar-refractivity contribution in [3.05, 3.63) is 54.4 Å². The second-order valence-corrected chi connectivity index (χ2v) is 4.66. The lowest BCUT2D eigenvalue weighted by Gasteiger charge is -2.20. The molecule has 3 N–H and O–H groups in total. The van der Waals surface area contributed by atoms with E-state index in [-0.39, 0.29) is 5.69 Å². The smallest absolute Gasteiger partial charge is 0.421 e. The fourth-order valence-corrected chi connectivity index (χ4v) is 1.79. The van der Waals surface area contributed by atoms with Gasteiger partial charge in [0.1, 0.15) is 5.69 Å².